The molecule has 116 valence electrons. The maximum Gasteiger partial charge on any atom is 0.232 e. The Kier molecular flexibility index (Phi) is 3.27. The van der Waals surface area contributed by atoms with Crippen molar-refractivity contribution in [3.05, 3.63) is 34.2 Å². The van der Waals surface area contributed by atoms with E-state index in [0.717, 1.165) is 35.3 Å². The number of rotatable bonds is 3. The van der Waals surface area contributed by atoms with E-state index in [2.05, 4.69) is 11.4 Å². The van der Waals surface area contributed by atoms with Gasteiger partial charge in [-0.05, 0) is 43.4 Å². The van der Waals surface area contributed by atoms with Gasteiger partial charge in [-0.15, -0.1) is 11.3 Å². The number of sulfonamides is 1. The number of aromatic nitrogens is 1. The molecule has 0 atom stereocenters. The molecule has 0 saturated heterocycles. The summed E-state index contributed by atoms with van der Waals surface area (Å²) in [7, 11) is -3.20. The van der Waals surface area contributed by atoms with Crippen molar-refractivity contribution >= 4 is 27.0 Å². The van der Waals surface area contributed by atoms with E-state index in [4.69, 9.17) is 4.98 Å². The topological polar surface area (TPSA) is 50.3 Å². The van der Waals surface area contributed by atoms with Crippen LogP contribution in [0.4, 0.5) is 5.69 Å². The number of hydrogen-bond acceptors (Lipinski definition) is 4. The Labute approximate surface area is 134 Å². The molecule has 2 heterocycles. The van der Waals surface area contributed by atoms with E-state index in [1.165, 1.54) is 28.4 Å². The number of aryl methyl sites for hydroxylation is 1. The molecule has 4 rings (SSSR count). The zero-order chi connectivity index (χ0) is 15.3. The lowest BCUT2D eigenvalue weighted by atomic mass is 10.00. The van der Waals surface area contributed by atoms with E-state index in [1.807, 2.05) is 12.1 Å². The first-order chi connectivity index (χ1) is 10.5. The fraction of sp³-hybridized carbons (Fsp3) is 0.438. The molecule has 0 bridgehead atoms. The van der Waals surface area contributed by atoms with Crippen LogP contribution in [-0.4, -0.2) is 26.2 Å². The predicted octanol–water partition coefficient (Wildman–Crippen LogP) is 3.40. The minimum atomic E-state index is -3.20. The molecule has 1 aliphatic carbocycles. The molecule has 0 amide bonds. The molecule has 1 aliphatic heterocycles. The molecule has 1 fully saturated rings. The molecular formula is C16H18N2O2S2. The summed E-state index contributed by atoms with van der Waals surface area (Å²) in [6.07, 6.45) is 5.60. The van der Waals surface area contributed by atoms with Crippen molar-refractivity contribution < 1.29 is 8.42 Å². The molecule has 1 saturated carbocycles. The number of hydrogen-bond donors (Lipinski definition) is 0. The Hall–Kier alpha value is -1.40. The first kappa shape index (κ1) is 14.2. The van der Waals surface area contributed by atoms with Gasteiger partial charge in [-0.3, -0.25) is 4.31 Å². The number of thiazole rings is 1. The van der Waals surface area contributed by atoms with Crippen LogP contribution in [0.25, 0.3) is 11.3 Å². The number of anilines is 1. The van der Waals surface area contributed by atoms with E-state index >= 15 is 0 Å². The predicted molar refractivity (Wildman–Crippen MR) is 90.0 cm³/mol. The van der Waals surface area contributed by atoms with Crippen LogP contribution in [-0.2, 0) is 16.4 Å². The second-order valence-corrected chi connectivity index (χ2v) is 8.92. The zero-order valence-corrected chi connectivity index (χ0v) is 14.1. The molecule has 22 heavy (non-hydrogen) atoms. The monoisotopic (exact) mass is 334 g/mol. The number of fused-ring (bicyclic) bond motifs is 1. The van der Waals surface area contributed by atoms with Crippen LogP contribution in [0.5, 0.6) is 0 Å². The fourth-order valence-electron chi connectivity index (χ4n) is 3.00. The summed E-state index contributed by atoms with van der Waals surface area (Å²) in [4.78, 5) is 4.75. The van der Waals surface area contributed by atoms with Crippen LogP contribution in [0.15, 0.2) is 23.6 Å². The Balaban J connectivity index is 1.71. The highest BCUT2D eigenvalue weighted by atomic mass is 32.2. The van der Waals surface area contributed by atoms with Gasteiger partial charge in [-0.25, -0.2) is 13.4 Å². The third-order valence-corrected chi connectivity index (χ3v) is 6.49. The van der Waals surface area contributed by atoms with Gasteiger partial charge in [0.1, 0.15) is 0 Å². The molecule has 1 aromatic carbocycles. The SMILES string of the molecule is CS(=O)(=O)N1CCCc2cc(-c3csc(C4CC4)n3)ccc21. The van der Waals surface area contributed by atoms with E-state index in [9.17, 15) is 8.42 Å². The van der Waals surface area contributed by atoms with Crippen molar-refractivity contribution in [3.8, 4) is 11.3 Å². The van der Waals surface area contributed by atoms with Crippen molar-refractivity contribution in [2.24, 2.45) is 0 Å². The van der Waals surface area contributed by atoms with Crippen molar-refractivity contribution in [1.82, 2.24) is 4.98 Å². The normalized spacial score (nSPS) is 18.3. The quantitative estimate of drug-likeness (QED) is 0.864. The number of nitrogens with zero attached hydrogens (tertiary/aromatic N) is 2. The molecule has 1 aromatic heterocycles. The van der Waals surface area contributed by atoms with Crippen LogP contribution in [0.3, 0.4) is 0 Å². The van der Waals surface area contributed by atoms with Crippen molar-refractivity contribution in [2.45, 2.75) is 31.6 Å². The summed E-state index contributed by atoms with van der Waals surface area (Å²) in [5, 5.41) is 3.36. The lowest BCUT2D eigenvalue weighted by molar-refractivity contribution is 0.592. The van der Waals surface area contributed by atoms with E-state index in [0.29, 0.717) is 12.5 Å². The highest BCUT2D eigenvalue weighted by molar-refractivity contribution is 7.92. The molecule has 2 aliphatic rings. The highest BCUT2D eigenvalue weighted by Crippen LogP contribution is 2.42. The summed E-state index contributed by atoms with van der Waals surface area (Å²) in [5.74, 6) is 0.678. The minimum Gasteiger partial charge on any atom is -0.270 e. The summed E-state index contributed by atoms with van der Waals surface area (Å²) in [6.45, 7) is 0.577. The van der Waals surface area contributed by atoms with Gasteiger partial charge < -0.3 is 0 Å². The average molecular weight is 334 g/mol. The van der Waals surface area contributed by atoms with Crippen molar-refractivity contribution in [3.63, 3.8) is 0 Å². The third kappa shape index (κ3) is 2.54. The summed E-state index contributed by atoms with van der Waals surface area (Å²) in [6, 6.07) is 6.04. The standard InChI is InChI=1S/C16H18N2O2S2/c1-22(19,20)18-8-2-3-13-9-12(6-7-15(13)18)14-10-21-16(17-14)11-4-5-11/h6-7,9-11H,2-5,8H2,1H3. The Morgan fingerprint density at radius 2 is 2.14 bits per heavy atom. The van der Waals surface area contributed by atoms with Crippen LogP contribution >= 0.6 is 11.3 Å². The fourth-order valence-corrected chi connectivity index (χ4v) is 5.00. The first-order valence-corrected chi connectivity index (χ1v) is 10.3. The smallest absolute Gasteiger partial charge is 0.232 e. The molecule has 2 aromatic rings. The summed E-state index contributed by atoms with van der Waals surface area (Å²) < 4.78 is 25.3. The second kappa shape index (κ2) is 5.06. The van der Waals surface area contributed by atoms with Crippen molar-refractivity contribution in [2.75, 3.05) is 17.1 Å². The molecule has 0 unspecified atom stereocenters. The Morgan fingerprint density at radius 3 is 2.86 bits per heavy atom. The van der Waals surface area contributed by atoms with Crippen LogP contribution in [0, 0.1) is 0 Å². The van der Waals surface area contributed by atoms with E-state index in [-0.39, 0.29) is 0 Å². The van der Waals surface area contributed by atoms with Gasteiger partial charge in [0.15, 0.2) is 0 Å². The average Bonchev–Trinajstić information content (AvgIpc) is 3.22. The lowest BCUT2D eigenvalue weighted by Crippen LogP contribution is -2.34. The van der Waals surface area contributed by atoms with Crippen LogP contribution < -0.4 is 4.31 Å². The lowest BCUT2D eigenvalue weighted by Gasteiger charge is -2.29. The maximum atomic E-state index is 11.9. The summed E-state index contributed by atoms with van der Waals surface area (Å²) in [5.41, 5.74) is 4.05. The Morgan fingerprint density at radius 1 is 1.32 bits per heavy atom. The van der Waals surface area contributed by atoms with Crippen molar-refractivity contribution in [1.29, 1.82) is 0 Å². The van der Waals surface area contributed by atoms with Crippen LogP contribution in [0.2, 0.25) is 0 Å². The maximum absolute atomic E-state index is 11.9. The molecule has 4 nitrogen and oxygen atoms in total. The van der Waals surface area contributed by atoms with Crippen LogP contribution in [0.1, 0.15) is 35.8 Å². The largest absolute Gasteiger partial charge is 0.270 e. The molecule has 0 spiro atoms. The van der Waals surface area contributed by atoms with Gasteiger partial charge in [0.2, 0.25) is 10.0 Å². The van der Waals surface area contributed by atoms with Gasteiger partial charge in [0, 0.05) is 23.4 Å². The van der Waals surface area contributed by atoms with Gasteiger partial charge >= 0.3 is 0 Å². The van der Waals surface area contributed by atoms with E-state index < -0.39 is 10.0 Å². The van der Waals surface area contributed by atoms with Gasteiger partial charge in [-0.2, -0.15) is 0 Å². The number of benzene rings is 1. The van der Waals surface area contributed by atoms with Gasteiger partial charge in [0.25, 0.3) is 0 Å². The molecule has 6 heteroatoms. The van der Waals surface area contributed by atoms with Gasteiger partial charge in [-0.1, -0.05) is 6.07 Å². The van der Waals surface area contributed by atoms with E-state index in [1.54, 1.807) is 11.3 Å². The molecule has 0 N–H and O–H groups in total. The Bertz CT molecular complexity index is 822. The first-order valence-electron chi connectivity index (χ1n) is 7.59. The minimum absolute atomic E-state index is 0.577. The van der Waals surface area contributed by atoms with Gasteiger partial charge in [0.05, 0.1) is 22.6 Å². The summed E-state index contributed by atoms with van der Waals surface area (Å²) >= 11 is 1.74. The third-order valence-electron chi connectivity index (χ3n) is 4.30. The zero-order valence-electron chi connectivity index (χ0n) is 12.4. The molecule has 0 radical (unpaired) electrons. The highest BCUT2D eigenvalue weighted by Gasteiger charge is 2.27. The second-order valence-electron chi connectivity index (χ2n) is 6.13. The molecular weight excluding hydrogens is 316 g/mol.